The third-order valence-electron chi connectivity index (χ3n) is 6.56. The molecular weight excluding hydrogens is 595 g/mol. The van der Waals surface area contributed by atoms with Crippen molar-refractivity contribution >= 4 is 57.0 Å². The van der Waals surface area contributed by atoms with Crippen molar-refractivity contribution in [3.8, 4) is 23.1 Å². The Morgan fingerprint density at radius 2 is 1.84 bits per heavy atom. The van der Waals surface area contributed by atoms with Crippen molar-refractivity contribution in [2.45, 2.75) is 6.61 Å². The fourth-order valence-electron chi connectivity index (χ4n) is 4.46. The van der Waals surface area contributed by atoms with Crippen LogP contribution in [-0.2, 0) is 6.61 Å². The van der Waals surface area contributed by atoms with Crippen molar-refractivity contribution in [2.24, 2.45) is 5.10 Å². The van der Waals surface area contributed by atoms with E-state index in [1.165, 1.54) is 30.1 Å². The Hall–Kier alpha value is -5.19. The molecule has 0 amide bonds. The lowest BCUT2D eigenvalue weighted by molar-refractivity contribution is -0.384. The highest BCUT2D eigenvalue weighted by Gasteiger charge is 2.17. The molecule has 0 aliphatic rings. The number of aromatic nitrogens is 2. The minimum Gasteiger partial charge on any atom is -0.493 e. The third kappa shape index (κ3) is 5.66. The summed E-state index contributed by atoms with van der Waals surface area (Å²) in [4.78, 5) is 28.7. The quantitative estimate of drug-likeness (QED) is 0.0988. The van der Waals surface area contributed by atoms with Gasteiger partial charge in [0, 0.05) is 22.5 Å². The number of non-ortho nitro benzene ring substituents is 1. The molecule has 0 N–H and O–H groups in total. The second-order valence-electron chi connectivity index (χ2n) is 9.35. The SMILES string of the molecule is COc1cc(C=Nn2c(-c3cc4cc(Cl)ccc4o3)nc3ccccc3c2=O)cc(Cl)c1OCc1ccc([N+](=O)[O-])cc1. The number of para-hydroxylation sites is 1. The average Bonchev–Trinajstić information content (AvgIpc) is 3.43. The fraction of sp³-hybridized carbons (Fsp3) is 0.0645. The molecule has 0 bridgehead atoms. The number of halogens is 2. The molecule has 10 nitrogen and oxygen atoms in total. The molecule has 6 rings (SSSR count). The van der Waals surface area contributed by atoms with E-state index >= 15 is 0 Å². The highest BCUT2D eigenvalue weighted by molar-refractivity contribution is 6.32. The summed E-state index contributed by atoms with van der Waals surface area (Å²) in [6.07, 6.45) is 1.45. The number of rotatable bonds is 8. The largest absolute Gasteiger partial charge is 0.493 e. The van der Waals surface area contributed by atoms with E-state index in [0.29, 0.717) is 44.1 Å². The number of hydrogen-bond donors (Lipinski definition) is 0. The Bertz CT molecular complexity index is 2100. The van der Waals surface area contributed by atoms with Crippen LogP contribution in [-0.4, -0.2) is 27.9 Å². The molecule has 0 atom stereocenters. The number of furan rings is 1. The van der Waals surface area contributed by atoms with Gasteiger partial charge in [-0.15, -0.1) is 0 Å². The molecule has 12 heteroatoms. The number of ether oxygens (including phenoxy) is 2. The van der Waals surface area contributed by atoms with E-state index in [1.54, 1.807) is 72.8 Å². The minimum absolute atomic E-state index is 0.0170. The number of nitro groups is 1. The second-order valence-corrected chi connectivity index (χ2v) is 10.2. The first kappa shape index (κ1) is 28.0. The van der Waals surface area contributed by atoms with Crippen LogP contribution in [0.2, 0.25) is 10.0 Å². The summed E-state index contributed by atoms with van der Waals surface area (Å²) >= 11 is 12.7. The standard InChI is InChI=1S/C31H20Cl2N4O6/c1-41-27-13-19(12-24(33)29(27)42-17-18-6-9-22(10-7-18)37(39)40)16-34-36-30(35-25-5-3-2-4-23(25)31(36)38)28-15-20-14-21(32)8-11-26(20)43-28/h2-16H,17H2,1H3. The van der Waals surface area contributed by atoms with Crippen molar-refractivity contribution < 1.29 is 18.8 Å². The average molecular weight is 615 g/mol. The van der Waals surface area contributed by atoms with E-state index in [2.05, 4.69) is 10.1 Å². The molecular formula is C31H20Cl2N4O6. The van der Waals surface area contributed by atoms with Crippen LogP contribution in [0.1, 0.15) is 11.1 Å². The molecule has 4 aromatic carbocycles. The normalized spacial score (nSPS) is 11.4. The van der Waals surface area contributed by atoms with Gasteiger partial charge in [0.2, 0.25) is 5.82 Å². The molecule has 2 heterocycles. The summed E-state index contributed by atoms with van der Waals surface area (Å²) in [6.45, 7) is 0.103. The maximum atomic E-state index is 13.6. The first-order chi connectivity index (χ1) is 20.8. The molecule has 0 saturated carbocycles. The zero-order chi connectivity index (χ0) is 30.1. The lowest BCUT2D eigenvalue weighted by atomic mass is 10.2. The van der Waals surface area contributed by atoms with Crippen LogP contribution in [0, 0.1) is 10.1 Å². The number of nitrogens with zero attached hydrogens (tertiary/aromatic N) is 4. The first-order valence-electron chi connectivity index (χ1n) is 12.8. The Kier molecular flexibility index (Phi) is 7.54. The van der Waals surface area contributed by atoms with Gasteiger partial charge in [0.25, 0.3) is 11.2 Å². The van der Waals surface area contributed by atoms with Gasteiger partial charge in [0.15, 0.2) is 17.3 Å². The van der Waals surface area contributed by atoms with Crippen LogP contribution in [0.5, 0.6) is 11.5 Å². The fourth-order valence-corrected chi connectivity index (χ4v) is 4.92. The highest BCUT2D eigenvalue weighted by Crippen LogP contribution is 2.37. The molecule has 0 aliphatic heterocycles. The van der Waals surface area contributed by atoms with E-state index in [-0.39, 0.29) is 28.9 Å². The van der Waals surface area contributed by atoms with Crippen LogP contribution >= 0.6 is 23.2 Å². The molecule has 0 saturated heterocycles. The predicted octanol–water partition coefficient (Wildman–Crippen LogP) is 7.49. The summed E-state index contributed by atoms with van der Waals surface area (Å²) in [5.74, 6) is 1.15. The number of methoxy groups -OCH3 is 1. The van der Waals surface area contributed by atoms with Crippen LogP contribution in [0.4, 0.5) is 5.69 Å². The van der Waals surface area contributed by atoms with Crippen molar-refractivity contribution in [2.75, 3.05) is 7.11 Å². The van der Waals surface area contributed by atoms with Gasteiger partial charge in [-0.3, -0.25) is 14.9 Å². The topological polar surface area (TPSA) is 122 Å². The zero-order valence-corrected chi connectivity index (χ0v) is 23.9. The van der Waals surface area contributed by atoms with Gasteiger partial charge >= 0.3 is 0 Å². The lowest BCUT2D eigenvalue weighted by Crippen LogP contribution is -2.20. The zero-order valence-electron chi connectivity index (χ0n) is 22.4. The van der Waals surface area contributed by atoms with Crippen molar-refractivity contribution in [1.82, 2.24) is 9.66 Å². The van der Waals surface area contributed by atoms with Gasteiger partial charge in [0.05, 0.1) is 34.2 Å². The van der Waals surface area contributed by atoms with E-state index in [1.807, 2.05) is 0 Å². The van der Waals surface area contributed by atoms with E-state index in [4.69, 9.17) is 37.1 Å². The lowest BCUT2D eigenvalue weighted by Gasteiger charge is -2.13. The Morgan fingerprint density at radius 1 is 1.05 bits per heavy atom. The van der Waals surface area contributed by atoms with Crippen molar-refractivity contribution in [3.05, 3.63) is 127 Å². The van der Waals surface area contributed by atoms with E-state index < -0.39 is 10.5 Å². The van der Waals surface area contributed by atoms with Gasteiger partial charge < -0.3 is 13.9 Å². The number of benzene rings is 4. The number of hydrogen-bond acceptors (Lipinski definition) is 8. The van der Waals surface area contributed by atoms with Gasteiger partial charge in [-0.2, -0.15) is 9.78 Å². The molecule has 0 aliphatic carbocycles. The highest BCUT2D eigenvalue weighted by atomic mass is 35.5. The van der Waals surface area contributed by atoms with Crippen LogP contribution in [0.3, 0.4) is 0 Å². The van der Waals surface area contributed by atoms with Crippen molar-refractivity contribution in [1.29, 1.82) is 0 Å². The monoisotopic (exact) mass is 614 g/mol. The van der Waals surface area contributed by atoms with Gasteiger partial charge in [-0.25, -0.2) is 4.98 Å². The molecule has 6 aromatic rings. The first-order valence-corrected chi connectivity index (χ1v) is 13.6. The second kappa shape index (κ2) is 11.6. The molecule has 2 aromatic heterocycles. The molecule has 0 unspecified atom stereocenters. The maximum Gasteiger partial charge on any atom is 0.282 e. The Balaban J connectivity index is 1.36. The number of nitro benzene ring substituents is 1. The predicted molar refractivity (Wildman–Crippen MR) is 165 cm³/mol. The summed E-state index contributed by atoms with van der Waals surface area (Å²) in [6, 6.07) is 23.2. The van der Waals surface area contributed by atoms with E-state index in [0.717, 1.165) is 5.39 Å². The molecule has 43 heavy (non-hydrogen) atoms. The molecule has 0 radical (unpaired) electrons. The van der Waals surface area contributed by atoms with Gasteiger partial charge in [0.1, 0.15) is 12.2 Å². The Morgan fingerprint density at radius 3 is 2.60 bits per heavy atom. The minimum atomic E-state index is -0.470. The molecule has 214 valence electrons. The number of fused-ring (bicyclic) bond motifs is 2. The molecule has 0 fully saturated rings. The van der Waals surface area contributed by atoms with Crippen LogP contribution < -0.4 is 15.0 Å². The van der Waals surface area contributed by atoms with Crippen LogP contribution in [0.15, 0.2) is 99.2 Å². The van der Waals surface area contributed by atoms with E-state index in [9.17, 15) is 14.9 Å². The molecule has 0 spiro atoms. The summed E-state index contributed by atoms with van der Waals surface area (Å²) in [5.41, 5.74) is 1.89. The summed E-state index contributed by atoms with van der Waals surface area (Å²) < 4.78 is 18.6. The Labute approximate surface area is 253 Å². The van der Waals surface area contributed by atoms with Crippen molar-refractivity contribution in [3.63, 3.8) is 0 Å². The summed E-state index contributed by atoms with van der Waals surface area (Å²) in [5, 5.41) is 17.3. The summed E-state index contributed by atoms with van der Waals surface area (Å²) in [7, 11) is 1.47. The van der Waals surface area contributed by atoms with Crippen LogP contribution in [0.25, 0.3) is 33.5 Å². The van der Waals surface area contributed by atoms with Gasteiger partial charge in [-0.1, -0.05) is 35.3 Å². The maximum absolute atomic E-state index is 13.6. The smallest absolute Gasteiger partial charge is 0.282 e. The third-order valence-corrected chi connectivity index (χ3v) is 7.07. The van der Waals surface area contributed by atoms with Gasteiger partial charge in [-0.05, 0) is 71.8 Å².